The van der Waals surface area contributed by atoms with Gasteiger partial charge in [-0.1, -0.05) is 36.4 Å². The van der Waals surface area contributed by atoms with Crippen molar-refractivity contribution in [3.63, 3.8) is 0 Å². The molecule has 5 rings (SSSR count). The number of nitrogens with zero attached hydrogens (tertiary/aromatic N) is 2. The third kappa shape index (κ3) is 3.50. The third-order valence-electron chi connectivity index (χ3n) is 5.82. The Bertz CT molecular complexity index is 1330. The summed E-state index contributed by atoms with van der Waals surface area (Å²) >= 11 is 0. The predicted octanol–water partition coefficient (Wildman–Crippen LogP) is 4.61. The minimum atomic E-state index is -0.457. The average Bonchev–Trinajstić information content (AvgIpc) is 3.57. The van der Waals surface area contributed by atoms with Crippen molar-refractivity contribution in [1.82, 2.24) is 9.88 Å². The molecule has 0 aliphatic carbocycles. The van der Waals surface area contributed by atoms with Crippen LogP contribution in [0, 0.1) is 0 Å². The first-order chi connectivity index (χ1) is 15.7. The Morgan fingerprint density at radius 2 is 1.88 bits per heavy atom. The Labute approximate surface area is 185 Å². The van der Waals surface area contributed by atoms with E-state index >= 15 is 0 Å². The van der Waals surface area contributed by atoms with Gasteiger partial charge in [-0.3, -0.25) is 9.59 Å². The van der Waals surface area contributed by atoms with Crippen molar-refractivity contribution in [3.8, 4) is 0 Å². The van der Waals surface area contributed by atoms with Gasteiger partial charge in [-0.15, -0.1) is 0 Å². The van der Waals surface area contributed by atoms with Crippen LogP contribution in [-0.4, -0.2) is 22.9 Å². The number of hydrogen-bond donors (Lipinski definition) is 1. The van der Waals surface area contributed by atoms with Gasteiger partial charge in [-0.2, -0.15) is 0 Å². The van der Waals surface area contributed by atoms with E-state index in [1.54, 1.807) is 23.1 Å². The van der Waals surface area contributed by atoms with Crippen molar-refractivity contribution in [2.45, 2.75) is 19.9 Å². The van der Waals surface area contributed by atoms with E-state index in [1.807, 2.05) is 48.7 Å². The van der Waals surface area contributed by atoms with Gasteiger partial charge in [0.2, 0.25) is 0 Å². The van der Waals surface area contributed by atoms with Gasteiger partial charge in [0.25, 0.3) is 11.8 Å². The largest absolute Gasteiger partial charge is 0.459 e. The zero-order valence-corrected chi connectivity index (χ0v) is 17.7. The number of furan rings is 1. The number of hydrogen-bond acceptors (Lipinski definition) is 3. The molecule has 1 aliphatic rings. The molecule has 160 valence electrons. The quantitative estimate of drug-likeness (QED) is 0.475. The van der Waals surface area contributed by atoms with E-state index in [0.717, 1.165) is 40.7 Å². The summed E-state index contributed by atoms with van der Waals surface area (Å²) in [6, 6.07) is 19.1. The van der Waals surface area contributed by atoms with Crippen LogP contribution in [0.2, 0.25) is 0 Å². The van der Waals surface area contributed by atoms with Crippen LogP contribution < -0.4 is 10.2 Å². The number of nitrogens with one attached hydrogen (secondary N) is 1. The average molecular weight is 425 g/mol. The molecule has 32 heavy (non-hydrogen) atoms. The topological polar surface area (TPSA) is 67.5 Å². The van der Waals surface area contributed by atoms with Crippen LogP contribution in [-0.2, 0) is 17.8 Å². The highest BCUT2D eigenvalue weighted by molar-refractivity contribution is 6.13. The maximum Gasteiger partial charge on any atom is 0.291 e. The summed E-state index contributed by atoms with van der Waals surface area (Å²) in [6.45, 7) is 3.45. The summed E-state index contributed by atoms with van der Waals surface area (Å²) in [5.74, 6) is -0.550. The molecule has 6 nitrogen and oxygen atoms in total. The lowest BCUT2D eigenvalue weighted by Crippen LogP contribution is -2.37. The van der Waals surface area contributed by atoms with Gasteiger partial charge in [0.1, 0.15) is 5.70 Å². The van der Waals surface area contributed by atoms with Gasteiger partial charge in [0.15, 0.2) is 5.76 Å². The Morgan fingerprint density at radius 1 is 1.06 bits per heavy atom. The van der Waals surface area contributed by atoms with Crippen LogP contribution in [0.5, 0.6) is 0 Å². The van der Waals surface area contributed by atoms with Crippen molar-refractivity contribution in [1.29, 1.82) is 0 Å². The number of amides is 2. The molecule has 0 atom stereocenters. The zero-order valence-electron chi connectivity index (χ0n) is 17.7. The maximum atomic E-state index is 13.6. The second-order valence-electron chi connectivity index (χ2n) is 7.71. The Morgan fingerprint density at radius 3 is 2.69 bits per heavy atom. The number of aromatic nitrogens is 1. The highest BCUT2D eigenvalue weighted by Gasteiger charge is 2.28. The van der Waals surface area contributed by atoms with E-state index < -0.39 is 5.91 Å². The smallest absolute Gasteiger partial charge is 0.291 e. The number of anilines is 1. The molecule has 2 aromatic carbocycles. The molecule has 0 fully saturated rings. The Balaban J connectivity index is 1.58. The number of rotatable bonds is 5. The number of benzene rings is 2. The molecular formula is C26H23N3O3. The third-order valence-corrected chi connectivity index (χ3v) is 5.82. The molecule has 0 radical (unpaired) electrons. The molecule has 2 amide bonds. The maximum absolute atomic E-state index is 13.6. The first kappa shape index (κ1) is 19.9. The van der Waals surface area contributed by atoms with Crippen molar-refractivity contribution >= 4 is 34.5 Å². The van der Waals surface area contributed by atoms with Gasteiger partial charge >= 0.3 is 0 Å². The standard InChI is InChI=1S/C26H23N3O3/c1-2-28-17-19(20-9-4-6-11-23(20)28)16-21(27-25(30)24-12-7-15-32-24)26(31)29-14-13-18-8-3-5-10-22(18)29/h3-12,15-17H,2,13-14H2,1H3,(H,27,30). The summed E-state index contributed by atoms with van der Waals surface area (Å²) in [6.07, 6.45) is 6.00. The first-order valence-corrected chi connectivity index (χ1v) is 10.7. The van der Waals surface area contributed by atoms with Crippen LogP contribution in [0.3, 0.4) is 0 Å². The fourth-order valence-electron chi connectivity index (χ4n) is 4.24. The highest BCUT2D eigenvalue weighted by atomic mass is 16.3. The molecule has 2 aromatic heterocycles. The van der Waals surface area contributed by atoms with Crippen molar-refractivity contribution < 1.29 is 14.0 Å². The minimum Gasteiger partial charge on any atom is -0.459 e. The molecule has 1 aliphatic heterocycles. The minimum absolute atomic E-state index is 0.154. The van der Waals surface area contributed by atoms with E-state index in [4.69, 9.17) is 4.42 Å². The normalized spacial score (nSPS) is 13.4. The summed E-state index contributed by atoms with van der Waals surface area (Å²) in [4.78, 5) is 28.1. The summed E-state index contributed by atoms with van der Waals surface area (Å²) in [7, 11) is 0. The number of aryl methyl sites for hydroxylation is 1. The van der Waals surface area contributed by atoms with Crippen LogP contribution in [0.1, 0.15) is 28.6 Å². The van der Waals surface area contributed by atoms with Crippen LogP contribution in [0.25, 0.3) is 17.0 Å². The molecule has 6 heteroatoms. The summed E-state index contributed by atoms with van der Waals surface area (Å²) in [5.41, 5.74) is 4.17. The Kier molecular flexibility index (Phi) is 5.11. The lowest BCUT2D eigenvalue weighted by molar-refractivity contribution is -0.115. The van der Waals surface area contributed by atoms with Gasteiger partial charge < -0.3 is 19.2 Å². The van der Waals surface area contributed by atoms with E-state index in [9.17, 15) is 9.59 Å². The number of carbonyl (C=O) groups is 2. The monoisotopic (exact) mass is 425 g/mol. The van der Waals surface area contributed by atoms with Gasteiger partial charge in [0.05, 0.1) is 6.26 Å². The van der Waals surface area contributed by atoms with E-state index in [0.29, 0.717) is 6.54 Å². The first-order valence-electron chi connectivity index (χ1n) is 10.7. The molecule has 3 heterocycles. The SMILES string of the molecule is CCn1cc(C=C(NC(=O)c2ccco2)C(=O)N2CCc3ccccc32)c2ccccc21. The summed E-state index contributed by atoms with van der Waals surface area (Å²) < 4.78 is 7.36. The predicted molar refractivity (Wildman–Crippen MR) is 124 cm³/mol. The number of para-hydroxylation sites is 2. The van der Waals surface area contributed by atoms with Gasteiger partial charge in [0, 0.05) is 41.4 Å². The number of carbonyl (C=O) groups excluding carboxylic acids is 2. The Hall–Kier alpha value is -4.06. The molecule has 0 bridgehead atoms. The van der Waals surface area contributed by atoms with Gasteiger partial charge in [-0.25, -0.2) is 0 Å². The molecule has 4 aromatic rings. The molecule has 0 saturated heterocycles. The second-order valence-corrected chi connectivity index (χ2v) is 7.71. The molecule has 1 N–H and O–H groups in total. The zero-order chi connectivity index (χ0) is 22.1. The molecular weight excluding hydrogens is 402 g/mol. The van der Waals surface area contributed by atoms with E-state index in [2.05, 4.69) is 22.9 Å². The van der Waals surface area contributed by atoms with Crippen LogP contribution in [0.4, 0.5) is 5.69 Å². The molecule has 0 unspecified atom stereocenters. The van der Waals surface area contributed by atoms with Crippen LogP contribution in [0.15, 0.2) is 83.2 Å². The van der Waals surface area contributed by atoms with Crippen molar-refractivity contribution in [3.05, 3.63) is 95.7 Å². The second kappa shape index (κ2) is 8.23. The molecule has 0 spiro atoms. The fraction of sp³-hybridized carbons (Fsp3) is 0.154. The van der Waals surface area contributed by atoms with Crippen molar-refractivity contribution in [2.24, 2.45) is 0 Å². The number of fused-ring (bicyclic) bond motifs is 2. The van der Waals surface area contributed by atoms with Gasteiger partial charge in [-0.05, 0) is 49.2 Å². The lowest BCUT2D eigenvalue weighted by atomic mass is 10.1. The fourth-order valence-corrected chi connectivity index (χ4v) is 4.24. The van der Waals surface area contributed by atoms with Crippen LogP contribution >= 0.6 is 0 Å². The highest BCUT2D eigenvalue weighted by Crippen LogP contribution is 2.29. The lowest BCUT2D eigenvalue weighted by Gasteiger charge is -2.19. The van der Waals surface area contributed by atoms with E-state index in [-0.39, 0.29) is 17.4 Å². The summed E-state index contributed by atoms with van der Waals surface area (Å²) in [5, 5.41) is 3.82. The van der Waals surface area contributed by atoms with E-state index in [1.165, 1.54) is 6.26 Å². The molecule has 0 saturated carbocycles. The van der Waals surface area contributed by atoms with Crippen molar-refractivity contribution in [2.75, 3.05) is 11.4 Å².